The number of aryl methyl sites for hydroxylation is 1. The highest BCUT2D eigenvalue weighted by molar-refractivity contribution is 6.09. The first-order chi connectivity index (χ1) is 15.2. The summed E-state index contributed by atoms with van der Waals surface area (Å²) in [5, 5.41) is 0.919. The molecule has 0 unspecified atom stereocenters. The molecule has 1 saturated heterocycles. The van der Waals surface area contributed by atoms with Gasteiger partial charge in [0.05, 0.1) is 11.1 Å². The van der Waals surface area contributed by atoms with Gasteiger partial charge in [-0.15, -0.1) is 0 Å². The number of nitrogens with zero attached hydrogens (tertiary/aromatic N) is 3. The van der Waals surface area contributed by atoms with Crippen LogP contribution >= 0.6 is 0 Å². The van der Waals surface area contributed by atoms with Crippen LogP contribution in [0.5, 0.6) is 0 Å². The molecule has 0 radical (unpaired) electrons. The van der Waals surface area contributed by atoms with E-state index in [4.69, 9.17) is 4.98 Å². The number of fused-ring (bicyclic) bond motifs is 1. The van der Waals surface area contributed by atoms with Crippen LogP contribution in [0.1, 0.15) is 16.1 Å². The summed E-state index contributed by atoms with van der Waals surface area (Å²) in [5.41, 5.74) is 5.88. The predicted octanol–water partition coefficient (Wildman–Crippen LogP) is 5.17. The quantitative estimate of drug-likeness (QED) is 0.470. The Labute approximate surface area is 182 Å². The molecule has 5 rings (SSSR count). The second-order valence-electron chi connectivity index (χ2n) is 7.99. The molecule has 4 heteroatoms. The van der Waals surface area contributed by atoms with Crippen molar-refractivity contribution in [1.29, 1.82) is 0 Å². The second kappa shape index (κ2) is 8.23. The van der Waals surface area contributed by atoms with E-state index in [2.05, 4.69) is 47.4 Å². The minimum atomic E-state index is 0.0911. The number of benzene rings is 3. The van der Waals surface area contributed by atoms with Crippen molar-refractivity contribution < 1.29 is 4.79 Å². The van der Waals surface area contributed by atoms with Gasteiger partial charge in [0.15, 0.2) is 0 Å². The largest absolute Gasteiger partial charge is 0.368 e. The van der Waals surface area contributed by atoms with E-state index in [0.29, 0.717) is 0 Å². The van der Waals surface area contributed by atoms with Crippen LogP contribution in [0.2, 0.25) is 0 Å². The Hall–Kier alpha value is -3.66. The molecule has 0 aliphatic carbocycles. The fourth-order valence-corrected chi connectivity index (χ4v) is 4.38. The van der Waals surface area contributed by atoms with Crippen LogP contribution in [-0.2, 0) is 0 Å². The third-order valence-corrected chi connectivity index (χ3v) is 5.97. The van der Waals surface area contributed by atoms with Gasteiger partial charge in [0.1, 0.15) is 0 Å². The minimum absolute atomic E-state index is 0.0911. The van der Waals surface area contributed by atoms with Crippen LogP contribution in [0.3, 0.4) is 0 Å². The van der Waals surface area contributed by atoms with Gasteiger partial charge in [0, 0.05) is 48.5 Å². The van der Waals surface area contributed by atoms with E-state index in [-0.39, 0.29) is 5.91 Å². The normalized spacial score (nSPS) is 14.1. The SMILES string of the molecule is Cc1cc(C(=O)N2CCN(c3ccccc3)CC2)c2cccc(-c3ccccc3)c2n1. The molecular formula is C27H25N3O. The maximum absolute atomic E-state index is 13.5. The summed E-state index contributed by atoms with van der Waals surface area (Å²) in [6.07, 6.45) is 0. The molecule has 1 aliphatic heterocycles. The topological polar surface area (TPSA) is 36.4 Å². The molecule has 0 saturated carbocycles. The molecule has 0 spiro atoms. The van der Waals surface area contributed by atoms with E-state index in [1.807, 2.05) is 54.3 Å². The zero-order valence-electron chi connectivity index (χ0n) is 17.7. The summed E-state index contributed by atoms with van der Waals surface area (Å²) in [5.74, 6) is 0.0911. The number of para-hydroxylation sites is 2. The lowest BCUT2D eigenvalue weighted by Crippen LogP contribution is -2.48. The highest BCUT2D eigenvalue weighted by Gasteiger charge is 2.24. The number of hydrogen-bond acceptors (Lipinski definition) is 3. The van der Waals surface area contributed by atoms with Crippen molar-refractivity contribution in [2.24, 2.45) is 0 Å². The van der Waals surface area contributed by atoms with Crippen molar-refractivity contribution in [3.8, 4) is 11.1 Å². The molecule has 31 heavy (non-hydrogen) atoms. The van der Waals surface area contributed by atoms with E-state index in [0.717, 1.165) is 59.5 Å². The van der Waals surface area contributed by atoms with Crippen LogP contribution in [0.4, 0.5) is 5.69 Å². The zero-order valence-corrected chi connectivity index (χ0v) is 17.7. The summed E-state index contributed by atoms with van der Waals surface area (Å²) >= 11 is 0. The average molecular weight is 408 g/mol. The lowest BCUT2D eigenvalue weighted by molar-refractivity contribution is 0.0748. The smallest absolute Gasteiger partial charge is 0.254 e. The van der Waals surface area contributed by atoms with E-state index >= 15 is 0 Å². The molecule has 1 aromatic heterocycles. The molecule has 1 amide bonds. The Morgan fingerprint density at radius 3 is 2.19 bits per heavy atom. The van der Waals surface area contributed by atoms with Crippen LogP contribution in [0, 0.1) is 6.92 Å². The van der Waals surface area contributed by atoms with Gasteiger partial charge < -0.3 is 9.80 Å². The van der Waals surface area contributed by atoms with Crippen molar-refractivity contribution in [3.05, 3.63) is 96.2 Å². The number of piperazine rings is 1. The number of carbonyl (C=O) groups excluding carboxylic acids is 1. The van der Waals surface area contributed by atoms with Gasteiger partial charge in [0.25, 0.3) is 5.91 Å². The van der Waals surface area contributed by atoms with E-state index < -0.39 is 0 Å². The standard InChI is InChI=1S/C27H25N3O/c1-20-19-25(24-14-8-13-23(26(24)28-20)21-9-4-2-5-10-21)27(31)30-17-15-29(16-18-30)22-11-6-3-7-12-22/h2-14,19H,15-18H2,1H3. The van der Waals surface area contributed by atoms with Gasteiger partial charge in [-0.2, -0.15) is 0 Å². The monoisotopic (exact) mass is 407 g/mol. The zero-order chi connectivity index (χ0) is 21.2. The van der Waals surface area contributed by atoms with Crippen LogP contribution in [-0.4, -0.2) is 42.0 Å². The molecule has 0 atom stereocenters. The Bertz CT molecular complexity index is 1210. The predicted molar refractivity (Wildman–Crippen MR) is 126 cm³/mol. The summed E-state index contributed by atoms with van der Waals surface area (Å²) in [6.45, 7) is 5.08. The number of aromatic nitrogens is 1. The van der Waals surface area contributed by atoms with Gasteiger partial charge >= 0.3 is 0 Å². The van der Waals surface area contributed by atoms with Gasteiger partial charge in [-0.1, -0.05) is 66.7 Å². The van der Waals surface area contributed by atoms with E-state index in [1.165, 1.54) is 5.69 Å². The van der Waals surface area contributed by atoms with Crippen molar-refractivity contribution in [3.63, 3.8) is 0 Å². The molecule has 2 heterocycles. The Kier molecular flexibility index (Phi) is 5.13. The Balaban J connectivity index is 1.46. The maximum Gasteiger partial charge on any atom is 0.254 e. The summed E-state index contributed by atoms with van der Waals surface area (Å²) in [7, 11) is 0. The summed E-state index contributed by atoms with van der Waals surface area (Å²) < 4.78 is 0. The fraction of sp³-hybridized carbons (Fsp3) is 0.185. The number of anilines is 1. The van der Waals surface area contributed by atoms with Crippen LogP contribution in [0.25, 0.3) is 22.0 Å². The molecule has 1 aliphatic rings. The fourth-order valence-electron chi connectivity index (χ4n) is 4.38. The number of hydrogen-bond donors (Lipinski definition) is 0. The van der Waals surface area contributed by atoms with E-state index in [9.17, 15) is 4.79 Å². The highest BCUT2D eigenvalue weighted by atomic mass is 16.2. The molecule has 4 aromatic rings. The maximum atomic E-state index is 13.5. The van der Waals surface area contributed by atoms with Crippen molar-refractivity contribution in [2.75, 3.05) is 31.1 Å². The highest BCUT2D eigenvalue weighted by Crippen LogP contribution is 2.30. The molecular weight excluding hydrogens is 382 g/mol. The van der Waals surface area contributed by atoms with Gasteiger partial charge in [-0.05, 0) is 30.7 Å². The molecule has 0 bridgehead atoms. The van der Waals surface area contributed by atoms with Gasteiger partial charge in [-0.25, -0.2) is 0 Å². The molecule has 1 fully saturated rings. The first kappa shape index (κ1) is 19.3. The first-order valence-electron chi connectivity index (χ1n) is 10.8. The second-order valence-corrected chi connectivity index (χ2v) is 7.99. The van der Waals surface area contributed by atoms with Gasteiger partial charge in [0.2, 0.25) is 0 Å². The number of carbonyl (C=O) groups is 1. The number of amides is 1. The van der Waals surface area contributed by atoms with E-state index in [1.54, 1.807) is 0 Å². The number of pyridine rings is 1. The molecule has 3 aromatic carbocycles. The van der Waals surface area contributed by atoms with Crippen LogP contribution in [0.15, 0.2) is 84.9 Å². The minimum Gasteiger partial charge on any atom is -0.368 e. The molecule has 4 nitrogen and oxygen atoms in total. The summed E-state index contributed by atoms with van der Waals surface area (Å²) in [6, 6.07) is 28.7. The molecule has 154 valence electrons. The number of rotatable bonds is 3. The van der Waals surface area contributed by atoms with Crippen LogP contribution < -0.4 is 4.90 Å². The van der Waals surface area contributed by atoms with Gasteiger partial charge in [-0.3, -0.25) is 9.78 Å². The Morgan fingerprint density at radius 2 is 1.48 bits per heavy atom. The van der Waals surface area contributed by atoms with Crippen molar-refractivity contribution in [2.45, 2.75) is 6.92 Å². The lowest BCUT2D eigenvalue weighted by Gasteiger charge is -2.36. The first-order valence-corrected chi connectivity index (χ1v) is 10.8. The third kappa shape index (κ3) is 3.77. The van der Waals surface area contributed by atoms with Crippen molar-refractivity contribution in [1.82, 2.24) is 9.88 Å². The summed E-state index contributed by atoms with van der Waals surface area (Å²) in [4.78, 5) is 22.7. The molecule has 0 N–H and O–H groups in total. The third-order valence-electron chi connectivity index (χ3n) is 5.97. The lowest BCUT2D eigenvalue weighted by atomic mass is 9.98. The Morgan fingerprint density at radius 1 is 0.806 bits per heavy atom. The average Bonchev–Trinajstić information content (AvgIpc) is 2.84. The van der Waals surface area contributed by atoms with Crippen molar-refractivity contribution >= 4 is 22.5 Å².